The Kier molecular flexibility index (Phi) is 4.15. The minimum atomic E-state index is -0.519. The van der Waals surface area contributed by atoms with Gasteiger partial charge in [0.25, 0.3) is 0 Å². The Morgan fingerprint density at radius 1 is 1.22 bits per heavy atom. The Hall–Kier alpha value is -2.24. The van der Waals surface area contributed by atoms with Crippen molar-refractivity contribution in [2.45, 2.75) is 12.8 Å². The number of nitriles is 1. The van der Waals surface area contributed by atoms with Crippen LogP contribution in [0.25, 0.3) is 0 Å². The maximum atomic E-state index is 13.5. The van der Waals surface area contributed by atoms with E-state index < -0.39 is 5.82 Å². The number of carbonyl (C=O) groups is 1. The number of hydrogen-bond donors (Lipinski definition) is 0. The number of Topliss-reactive ketones (excluding diaryl/α,β-unsaturated/α-hetero) is 1. The highest BCUT2D eigenvalue weighted by molar-refractivity contribution is 7.64. The Labute approximate surface area is 135 Å². The number of benzene rings is 2. The molecular weight excluding hydrogens is 312 g/mol. The van der Waals surface area contributed by atoms with Gasteiger partial charge in [0, 0.05) is 23.6 Å². The molecular formula is C18H15FNO2P. The number of rotatable bonds is 3. The van der Waals surface area contributed by atoms with Crippen molar-refractivity contribution in [2.24, 2.45) is 0 Å². The molecule has 0 saturated carbocycles. The summed E-state index contributed by atoms with van der Waals surface area (Å²) in [6, 6.07) is 9.56. The predicted octanol–water partition coefficient (Wildman–Crippen LogP) is 3.99. The lowest BCUT2D eigenvalue weighted by molar-refractivity contribution is 0.0995. The van der Waals surface area contributed by atoms with Crippen molar-refractivity contribution in [3.63, 3.8) is 0 Å². The quantitative estimate of drug-likeness (QED) is 0.801. The van der Waals surface area contributed by atoms with Crippen molar-refractivity contribution in [1.82, 2.24) is 0 Å². The van der Waals surface area contributed by atoms with E-state index >= 15 is 0 Å². The zero-order valence-corrected chi connectivity index (χ0v) is 13.8. The van der Waals surface area contributed by atoms with Crippen LogP contribution in [0.3, 0.4) is 0 Å². The summed E-state index contributed by atoms with van der Waals surface area (Å²) in [4.78, 5) is 12.2. The third-order valence-corrected chi connectivity index (χ3v) is 5.18. The van der Waals surface area contributed by atoms with Crippen molar-refractivity contribution >= 4 is 19.0 Å². The normalized spacial score (nSPS) is 13.1. The number of nitrogens with zero attached hydrogens (tertiary/aromatic N) is 1. The van der Waals surface area contributed by atoms with Crippen LogP contribution in [0.5, 0.6) is 11.5 Å². The molecule has 0 aliphatic heterocycles. The molecule has 0 amide bonds. The van der Waals surface area contributed by atoms with E-state index in [2.05, 4.69) is 13.3 Å². The maximum absolute atomic E-state index is 13.5. The maximum Gasteiger partial charge on any atom is 0.164 e. The van der Waals surface area contributed by atoms with Gasteiger partial charge < -0.3 is 4.74 Å². The van der Waals surface area contributed by atoms with Gasteiger partial charge in [0.1, 0.15) is 17.3 Å². The van der Waals surface area contributed by atoms with Gasteiger partial charge in [-0.1, -0.05) is 14.0 Å². The summed E-state index contributed by atoms with van der Waals surface area (Å²) in [7, 11) is -0.389. The van der Waals surface area contributed by atoms with Gasteiger partial charge in [0.15, 0.2) is 5.78 Å². The van der Waals surface area contributed by atoms with Crippen LogP contribution in [0, 0.1) is 17.1 Å². The molecule has 116 valence electrons. The number of ether oxygens (including phenoxy) is 1. The monoisotopic (exact) mass is 327 g/mol. The van der Waals surface area contributed by atoms with Gasteiger partial charge in [0.2, 0.25) is 0 Å². The van der Waals surface area contributed by atoms with Crippen LogP contribution >= 0.6 is 7.92 Å². The first kappa shape index (κ1) is 15.6. The number of hydrogen-bond acceptors (Lipinski definition) is 3. The van der Waals surface area contributed by atoms with Crippen molar-refractivity contribution in [3.05, 3.63) is 52.8 Å². The lowest BCUT2D eigenvalue weighted by Crippen LogP contribution is -2.12. The van der Waals surface area contributed by atoms with Gasteiger partial charge >= 0.3 is 0 Å². The average molecular weight is 327 g/mol. The van der Waals surface area contributed by atoms with Crippen molar-refractivity contribution in [3.8, 4) is 17.6 Å². The lowest BCUT2D eigenvalue weighted by Gasteiger charge is -2.15. The fourth-order valence-corrected chi connectivity index (χ4v) is 3.90. The summed E-state index contributed by atoms with van der Waals surface area (Å²) in [6.07, 6.45) is 1.12. The van der Waals surface area contributed by atoms with Crippen LogP contribution in [-0.4, -0.2) is 19.1 Å². The van der Waals surface area contributed by atoms with Crippen molar-refractivity contribution in [1.29, 1.82) is 5.26 Å². The summed E-state index contributed by atoms with van der Waals surface area (Å²) >= 11 is 0. The van der Waals surface area contributed by atoms with E-state index in [1.165, 1.54) is 12.1 Å². The molecule has 0 bridgehead atoms. The summed E-state index contributed by atoms with van der Waals surface area (Å²) in [5.41, 5.74) is 1.87. The van der Waals surface area contributed by atoms with Crippen molar-refractivity contribution < 1.29 is 13.9 Å². The van der Waals surface area contributed by atoms with Crippen LogP contribution < -0.4 is 10.0 Å². The first-order valence-electron chi connectivity index (χ1n) is 7.24. The minimum absolute atomic E-state index is 0.147. The third-order valence-electron chi connectivity index (χ3n) is 3.84. The highest BCUT2D eigenvalue weighted by Gasteiger charge is 2.27. The Bertz CT molecular complexity index is 840. The molecule has 5 heteroatoms. The molecule has 0 radical (unpaired) electrons. The van der Waals surface area contributed by atoms with Crippen molar-refractivity contribution in [2.75, 3.05) is 13.3 Å². The number of halogens is 1. The Balaban J connectivity index is 2.04. The molecule has 2 aromatic rings. The van der Waals surface area contributed by atoms with Gasteiger partial charge in [-0.05, 0) is 43.3 Å². The number of fused-ring (bicyclic) bond motifs is 1. The fourth-order valence-electron chi connectivity index (χ4n) is 2.82. The van der Waals surface area contributed by atoms with Gasteiger partial charge in [-0.25, -0.2) is 4.39 Å². The molecule has 0 saturated heterocycles. The molecule has 0 spiro atoms. The van der Waals surface area contributed by atoms with Crippen LogP contribution in [0.4, 0.5) is 4.39 Å². The van der Waals surface area contributed by atoms with Crippen LogP contribution in [0.15, 0.2) is 30.3 Å². The van der Waals surface area contributed by atoms with Gasteiger partial charge in [0.05, 0.1) is 11.6 Å². The topological polar surface area (TPSA) is 50.1 Å². The highest BCUT2D eigenvalue weighted by atomic mass is 31.1. The first-order valence-corrected chi connectivity index (χ1v) is 9.48. The minimum Gasteiger partial charge on any atom is -0.457 e. The van der Waals surface area contributed by atoms with Gasteiger partial charge in [-0.3, -0.25) is 4.79 Å². The smallest absolute Gasteiger partial charge is 0.164 e. The van der Waals surface area contributed by atoms with Crippen LogP contribution in [-0.2, 0) is 6.42 Å². The van der Waals surface area contributed by atoms with E-state index in [-0.39, 0.29) is 25.0 Å². The molecule has 1 aliphatic carbocycles. The average Bonchev–Trinajstić information content (AvgIpc) is 2.89. The molecule has 0 unspecified atom stereocenters. The zero-order valence-electron chi connectivity index (χ0n) is 12.9. The van der Waals surface area contributed by atoms with Gasteiger partial charge in [-0.15, -0.1) is 0 Å². The Morgan fingerprint density at radius 3 is 2.70 bits per heavy atom. The number of ketones is 1. The molecule has 3 nitrogen and oxygen atoms in total. The second kappa shape index (κ2) is 6.10. The van der Waals surface area contributed by atoms with Gasteiger partial charge in [-0.2, -0.15) is 5.26 Å². The second-order valence-electron chi connectivity index (χ2n) is 5.64. The summed E-state index contributed by atoms with van der Waals surface area (Å²) in [5.74, 6) is 0.467. The van der Waals surface area contributed by atoms with E-state index in [0.717, 1.165) is 22.5 Å². The molecule has 0 atom stereocenters. The molecule has 0 N–H and O–H groups in total. The van der Waals surface area contributed by atoms with E-state index in [9.17, 15) is 9.18 Å². The molecule has 23 heavy (non-hydrogen) atoms. The molecule has 0 fully saturated rings. The first-order chi connectivity index (χ1) is 11.0. The van der Waals surface area contributed by atoms with E-state index in [1.54, 1.807) is 0 Å². The summed E-state index contributed by atoms with van der Waals surface area (Å²) < 4.78 is 19.3. The SMILES string of the molecule is CP(C)c1ccc(Oc2cc(F)cc(C#N)c2)c2c1C(=O)CC2. The summed E-state index contributed by atoms with van der Waals surface area (Å²) in [5, 5.41) is 10.0. The van der Waals surface area contributed by atoms with E-state index in [4.69, 9.17) is 10.00 Å². The largest absolute Gasteiger partial charge is 0.457 e. The standard InChI is InChI=1S/C18H15FNO2P/c1-23(2)17-6-5-16(14-3-4-15(21)18(14)17)22-13-8-11(10-20)7-12(19)9-13/h5-9H,3-4H2,1-2H3. The third kappa shape index (κ3) is 2.98. The van der Waals surface area contributed by atoms with E-state index in [0.29, 0.717) is 18.6 Å². The van der Waals surface area contributed by atoms with Crippen LogP contribution in [0.1, 0.15) is 27.9 Å². The predicted molar refractivity (Wildman–Crippen MR) is 88.7 cm³/mol. The zero-order chi connectivity index (χ0) is 16.6. The lowest BCUT2D eigenvalue weighted by atomic mass is 10.1. The molecule has 0 aromatic heterocycles. The second-order valence-corrected chi connectivity index (χ2v) is 7.91. The highest BCUT2D eigenvalue weighted by Crippen LogP contribution is 2.37. The Morgan fingerprint density at radius 2 is 2.00 bits per heavy atom. The molecule has 1 aliphatic rings. The van der Waals surface area contributed by atoms with Crippen LogP contribution in [0.2, 0.25) is 0 Å². The fraction of sp³-hybridized carbons (Fsp3) is 0.222. The molecule has 2 aromatic carbocycles. The molecule has 0 heterocycles. The summed E-state index contributed by atoms with van der Waals surface area (Å²) in [6.45, 7) is 4.23. The number of carbonyl (C=O) groups excluding carboxylic acids is 1. The molecule has 3 rings (SSSR count). The van der Waals surface area contributed by atoms with E-state index in [1.807, 2.05) is 18.2 Å².